The Morgan fingerprint density at radius 2 is 2.27 bits per heavy atom. The molecule has 0 spiro atoms. The number of hydrogen-bond donors (Lipinski definition) is 1. The van der Waals surface area contributed by atoms with E-state index in [1.165, 1.54) is 36.4 Å². The molecule has 2 N–H and O–H groups in total. The van der Waals surface area contributed by atoms with Gasteiger partial charge in [-0.3, -0.25) is 0 Å². The van der Waals surface area contributed by atoms with E-state index in [2.05, 4.69) is 12.3 Å². The van der Waals surface area contributed by atoms with Crippen molar-refractivity contribution in [1.82, 2.24) is 4.98 Å². The third-order valence-corrected chi connectivity index (χ3v) is 4.29. The maximum atomic E-state index is 5.62. The summed E-state index contributed by atoms with van der Waals surface area (Å²) in [4.78, 5) is 4.74. The van der Waals surface area contributed by atoms with Gasteiger partial charge in [0.2, 0.25) is 0 Å². The number of hydrogen-bond acceptors (Lipinski definition) is 3. The molecule has 0 radical (unpaired) electrons. The van der Waals surface area contributed by atoms with Crippen LogP contribution in [0.2, 0.25) is 0 Å². The molecule has 1 aliphatic carbocycles. The van der Waals surface area contributed by atoms with E-state index < -0.39 is 0 Å². The van der Waals surface area contributed by atoms with Crippen LogP contribution in [0, 0.1) is 5.92 Å². The van der Waals surface area contributed by atoms with Crippen LogP contribution in [-0.4, -0.2) is 11.5 Å². The molecule has 1 aromatic rings. The molecule has 15 heavy (non-hydrogen) atoms. The quantitative estimate of drug-likeness (QED) is 0.854. The minimum absolute atomic E-state index is 0.559. The highest BCUT2D eigenvalue weighted by Gasteiger charge is 2.20. The lowest BCUT2D eigenvalue weighted by atomic mass is 10.1. The normalized spacial score (nSPS) is 19.6. The first-order valence-electron chi connectivity index (χ1n) is 5.94. The molecule has 1 aliphatic rings. The fourth-order valence-corrected chi connectivity index (χ4v) is 3.22. The monoisotopic (exact) mass is 224 g/mol. The number of rotatable bonds is 4. The summed E-state index contributed by atoms with van der Waals surface area (Å²) >= 11 is 1.85. The molecule has 1 fully saturated rings. The van der Waals surface area contributed by atoms with Crippen LogP contribution >= 0.6 is 11.3 Å². The van der Waals surface area contributed by atoms with E-state index >= 15 is 0 Å². The molecule has 0 aliphatic heterocycles. The van der Waals surface area contributed by atoms with Gasteiger partial charge in [-0.15, -0.1) is 11.3 Å². The molecule has 1 saturated carbocycles. The molecular formula is C12H20N2S. The first-order valence-corrected chi connectivity index (χ1v) is 6.82. The fraction of sp³-hybridized carbons (Fsp3) is 0.750. The van der Waals surface area contributed by atoms with Crippen molar-refractivity contribution in [3.8, 4) is 0 Å². The Hall–Kier alpha value is -0.410. The Morgan fingerprint density at radius 3 is 2.93 bits per heavy atom. The van der Waals surface area contributed by atoms with Gasteiger partial charge in [0.15, 0.2) is 0 Å². The van der Waals surface area contributed by atoms with E-state index in [1.54, 1.807) is 0 Å². The summed E-state index contributed by atoms with van der Waals surface area (Å²) in [6.07, 6.45) is 6.51. The van der Waals surface area contributed by atoms with Crippen molar-refractivity contribution in [1.29, 1.82) is 0 Å². The van der Waals surface area contributed by atoms with E-state index in [-0.39, 0.29) is 0 Å². The van der Waals surface area contributed by atoms with Crippen molar-refractivity contribution < 1.29 is 0 Å². The van der Waals surface area contributed by atoms with Crippen LogP contribution in [0.3, 0.4) is 0 Å². The lowest BCUT2D eigenvalue weighted by Crippen LogP contribution is -2.13. The second-order valence-electron chi connectivity index (χ2n) is 4.70. The third kappa shape index (κ3) is 2.79. The molecule has 2 nitrogen and oxygen atoms in total. The molecule has 2 rings (SSSR count). The van der Waals surface area contributed by atoms with Gasteiger partial charge in [-0.25, -0.2) is 4.98 Å². The summed E-state index contributed by atoms with van der Waals surface area (Å²) in [6.45, 7) is 2.95. The average molecular weight is 224 g/mol. The predicted octanol–water partition coefficient (Wildman–Crippen LogP) is 2.94. The highest BCUT2D eigenvalue weighted by Crippen LogP contribution is 2.35. The van der Waals surface area contributed by atoms with Crippen LogP contribution in [0.4, 0.5) is 0 Å². The molecule has 0 bridgehead atoms. The Kier molecular flexibility index (Phi) is 3.76. The Bertz CT molecular complexity index is 302. The SMILES string of the molecule is CC(CN)Cc1csc(C2CCCC2)n1. The van der Waals surface area contributed by atoms with Crippen molar-refractivity contribution in [3.63, 3.8) is 0 Å². The molecule has 84 valence electrons. The Labute approximate surface area is 95.9 Å². The average Bonchev–Trinajstić information content (AvgIpc) is 2.85. The fourth-order valence-electron chi connectivity index (χ4n) is 2.22. The lowest BCUT2D eigenvalue weighted by Gasteiger charge is -2.05. The lowest BCUT2D eigenvalue weighted by molar-refractivity contribution is 0.583. The standard InChI is InChI=1S/C12H20N2S/c1-9(7-13)6-11-8-15-12(14-11)10-4-2-3-5-10/h8-10H,2-7,13H2,1H3. The molecule has 1 atom stereocenters. The van der Waals surface area contributed by atoms with Crippen LogP contribution in [0.1, 0.15) is 49.2 Å². The van der Waals surface area contributed by atoms with Gasteiger partial charge < -0.3 is 5.73 Å². The minimum Gasteiger partial charge on any atom is -0.330 e. The van der Waals surface area contributed by atoms with E-state index in [0.717, 1.165) is 18.9 Å². The predicted molar refractivity (Wildman–Crippen MR) is 65.2 cm³/mol. The highest BCUT2D eigenvalue weighted by molar-refractivity contribution is 7.09. The van der Waals surface area contributed by atoms with Crippen LogP contribution in [0.25, 0.3) is 0 Å². The van der Waals surface area contributed by atoms with Crippen molar-refractivity contribution in [2.75, 3.05) is 6.54 Å². The summed E-state index contributed by atoms with van der Waals surface area (Å²) in [5.74, 6) is 1.32. The van der Waals surface area contributed by atoms with Crippen LogP contribution in [-0.2, 0) is 6.42 Å². The molecule has 1 unspecified atom stereocenters. The van der Waals surface area contributed by atoms with E-state index in [4.69, 9.17) is 10.7 Å². The molecule has 1 heterocycles. The first kappa shape index (κ1) is 11.1. The molecule has 0 saturated heterocycles. The van der Waals surface area contributed by atoms with E-state index in [9.17, 15) is 0 Å². The summed E-state index contributed by atoms with van der Waals surface area (Å²) < 4.78 is 0. The maximum absolute atomic E-state index is 5.62. The van der Waals surface area contributed by atoms with E-state index in [0.29, 0.717) is 5.92 Å². The second-order valence-corrected chi connectivity index (χ2v) is 5.59. The Balaban J connectivity index is 1.97. The van der Waals surface area contributed by atoms with Crippen LogP contribution in [0.5, 0.6) is 0 Å². The molecule has 0 aromatic carbocycles. The maximum Gasteiger partial charge on any atom is 0.0959 e. The van der Waals surface area contributed by atoms with Crippen molar-refractivity contribution >= 4 is 11.3 Å². The summed E-state index contributed by atoms with van der Waals surface area (Å²) in [5.41, 5.74) is 6.87. The zero-order valence-corrected chi connectivity index (χ0v) is 10.2. The van der Waals surface area contributed by atoms with Crippen molar-refractivity contribution in [2.45, 2.75) is 44.9 Å². The van der Waals surface area contributed by atoms with Crippen molar-refractivity contribution in [2.24, 2.45) is 11.7 Å². The number of nitrogens with zero attached hydrogens (tertiary/aromatic N) is 1. The molecule has 1 aromatic heterocycles. The topological polar surface area (TPSA) is 38.9 Å². The van der Waals surface area contributed by atoms with Gasteiger partial charge in [0.25, 0.3) is 0 Å². The zero-order chi connectivity index (χ0) is 10.7. The van der Waals surface area contributed by atoms with Gasteiger partial charge in [-0.2, -0.15) is 0 Å². The number of thiazole rings is 1. The van der Waals surface area contributed by atoms with Gasteiger partial charge in [0, 0.05) is 11.3 Å². The van der Waals surface area contributed by atoms with Crippen LogP contribution in [0.15, 0.2) is 5.38 Å². The smallest absolute Gasteiger partial charge is 0.0959 e. The van der Waals surface area contributed by atoms with Crippen LogP contribution < -0.4 is 5.73 Å². The molecule has 3 heteroatoms. The number of aromatic nitrogens is 1. The summed E-state index contributed by atoms with van der Waals surface area (Å²) in [6, 6.07) is 0. The van der Waals surface area contributed by atoms with Gasteiger partial charge in [-0.1, -0.05) is 19.8 Å². The Morgan fingerprint density at radius 1 is 1.53 bits per heavy atom. The minimum atomic E-state index is 0.559. The summed E-state index contributed by atoms with van der Waals surface area (Å²) in [7, 11) is 0. The second kappa shape index (κ2) is 5.08. The largest absolute Gasteiger partial charge is 0.330 e. The van der Waals surface area contributed by atoms with Crippen molar-refractivity contribution in [3.05, 3.63) is 16.1 Å². The molecule has 0 amide bonds. The van der Waals surface area contributed by atoms with Gasteiger partial charge in [0.05, 0.1) is 10.7 Å². The summed E-state index contributed by atoms with van der Waals surface area (Å²) in [5, 5.41) is 3.59. The van der Waals surface area contributed by atoms with Gasteiger partial charge >= 0.3 is 0 Å². The third-order valence-electron chi connectivity index (χ3n) is 3.23. The molecular weight excluding hydrogens is 204 g/mol. The van der Waals surface area contributed by atoms with Gasteiger partial charge in [-0.05, 0) is 31.7 Å². The van der Waals surface area contributed by atoms with Gasteiger partial charge in [0.1, 0.15) is 0 Å². The zero-order valence-electron chi connectivity index (χ0n) is 9.41. The number of nitrogens with two attached hydrogens (primary N) is 1. The van der Waals surface area contributed by atoms with E-state index in [1.807, 2.05) is 11.3 Å². The highest BCUT2D eigenvalue weighted by atomic mass is 32.1. The first-order chi connectivity index (χ1) is 7.29.